The monoisotopic (exact) mass is 462 g/mol. The summed E-state index contributed by atoms with van der Waals surface area (Å²) < 4.78 is 6.16. The number of benzene rings is 2. The number of rotatable bonds is 6. The van der Waals surface area contributed by atoms with Crippen LogP contribution < -0.4 is 10.1 Å². The molecule has 0 radical (unpaired) electrons. The number of nitrogens with one attached hydrogen (secondary N) is 1. The van der Waals surface area contributed by atoms with Gasteiger partial charge in [0.2, 0.25) is 0 Å². The van der Waals surface area contributed by atoms with Gasteiger partial charge >= 0.3 is 0 Å². The molecule has 1 saturated heterocycles. The van der Waals surface area contributed by atoms with E-state index in [4.69, 9.17) is 16.3 Å². The fraction of sp³-hybridized carbons (Fsp3) is 0.357. The van der Waals surface area contributed by atoms with Crippen LogP contribution in [0, 0.1) is 5.92 Å². The van der Waals surface area contributed by atoms with Gasteiger partial charge < -0.3 is 10.1 Å². The van der Waals surface area contributed by atoms with E-state index in [-0.39, 0.29) is 16.9 Å². The summed E-state index contributed by atoms with van der Waals surface area (Å²) in [7, 11) is 0. The van der Waals surface area contributed by atoms with Crippen molar-refractivity contribution < 1.29 is 9.53 Å². The number of carbonyl (C=O) groups excluding carboxylic acids is 1. The number of piperidine rings is 1. The van der Waals surface area contributed by atoms with Crippen LogP contribution in [0.4, 0.5) is 0 Å². The quantitative estimate of drug-likeness (QED) is 0.390. The minimum Gasteiger partial charge on any atom is -0.455 e. The van der Waals surface area contributed by atoms with Crippen molar-refractivity contribution in [1.29, 1.82) is 0 Å². The Morgan fingerprint density at radius 3 is 2.33 bits per heavy atom. The number of ether oxygens (including phenoxy) is 1. The summed E-state index contributed by atoms with van der Waals surface area (Å²) in [6.07, 6.45) is 5.98. The van der Waals surface area contributed by atoms with E-state index in [0.717, 1.165) is 24.0 Å². The molecule has 1 aliphatic heterocycles. The molecule has 0 bridgehead atoms. The maximum absolute atomic E-state index is 13.1. The van der Waals surface area contributed by atoms with Crippen molar-refractivity contribution in [2.75, 3.05) is 0 Å². The SMILES string of the molecule is CC1(C)CC(CC(=O)c2ccc(Oc3ccccc3-c3ccncc3)c(Cl)c2)CC(C)(C)N1. The molecule has 0 unspecified atom stereocenters. The number of aromatic nitrogens is 1. The average molecular weight is 463 g/mol. The Morgan fingerprint density at radius 2 is 1.67 bits per heavy atom. The Morgan fingerprint density at radius 1 is 1.00 bits per heavy atom. The lowest BCUT2D eigenvalue weighted by Gasteiger charge is -2.46. The van der Waals surface area contributed by atoms with Gasteiger partial charge in [-0.1, -0.05) is 29.8 Å². The summed E-state index contributed by atoms with van der Waals surface area (Å²) >= 11 is 6.56. The molecule has 1 fully saturated rings. The molecule has 0 aliphatic carbocycles. The molecule has 172 valence electrons. The number of hydrogen-bond acceptors (Lipinski definition) is 4. The van der Waals surface area contributed by atoms with Gasteiger partial charge in [0.05, 0.1) is 5.02 Å². The van der Waals surface area contributed by atoms with Crippen molar-refractivity contribution in [2.24, 2.45) is 5.92 Å². The molecule has 2 aromatic carbocycles. The third-order valence-electron chi connectivity index (χ3n) is 6.10. The lowest BCUT2D eigenvalue weighted by Crippen LogP contribution is -2.57. The van der Waals surface area contributed by atoms with E-state index in [1.165, 1.54) is 0 Å². The number of halogens is 1. The predicted octanol–water partition coefficient (Wildman–Crippen LogP) is 7.32. The maximum atomic E-state index is 13.1. The minimum absolute atomic E-state index is 0.0181. The van der Waals surface area contributed by atoms with E-state index in [1.807, 2.05) is 42.5 Å². The van der Waals surface area contributed by atoms with Crippen LogP contribution in [-0.2, 0) is 0 Å². The highest BCUT2D eigenvalue weighted by atomic mass is 35.5. The predicted molar refractivity (Wildman–Crippen MR) is 134 cm³/mol. The summed E-state index contributed by atoms with van der Waals surface area (Å²) in [5.41, 5.74) is 2.63. The molecular weight excluding hydrogens is 432 g/mol. The molecule has 3 aromatic rings. The van der Waals surface area contributed by atoms with Crippen molar-refractivity contribution in [3.8, 4) is 22.6 Å². The minimum atomic E-state index is 0.0181. The van der Waals surface area contributed by atoms with Gasteiger partial charge in [0.15, 0.2) is 5.78 Å². The highest BCUT2D eigenvalue weighted by Crippen LogP contribution is 2.38. The lowest BCUT2D eigenvalue weighted by molar-refractivity contribution is 0.0864. The van der Waals surface area contributed by atoms with Crippen LogP contribution in [-0.4, -0.2) is 21.8 Å². The molecule has 0 saturated carbocycles. The van der Waals surface area contributed by atoms with Gasteiger partial charge in [-0.3, -0.25) is 9.78 Å². The first kappa shape index (κ1) is 23.5. The highest BCUT2D eigenvalue weighted by Gasteiger charge is 2.38. The average Bonchev–Trinajstić information content (AvgIpc) is 2.74. The molecule has 2 heterocycles. The number of pyridine rings is 1. The van der Waals surface area contributed by atoms with E-state index >= 15 is 0 Å². The second-order valence-electron chi connectivity index (χ2n) is 10.3. The van der Waals surface area contributed by atoms with Gasteiger partial charge in [-0.15, -0.1) is 0 Å². The van der Waals surface area contributed by atoms with E-state index in [1.54, 1.807) is 24.5 Å². The second kappa shape index (κ2) is 9.28. The first-order valence-corrected chi connectivity index (χ1v) is 11.8. The van der Waals surface area contributed by atoms with Crippen molar-refractivity contribution in [1.82, 2.24) is 10.3 Å². The topological polar surface area (TPSA) is 51.2 Å². The van der Waals surface area contributed by atoms with E-state index in [2.05, 4.69) is 38.0 Å². The molecule has 4 rings (SSSR count). The fourth-order valence-corrected chi connectivity index (χ4v) is 5.48. The smallest absolute Gasteiger partial charge is 0.163 e. The Kier molecular flexibility index (Phi) is 6.60. The normalized spacial score (nSPS) is 17.5. The molecule has 1 aliphatic rings. The Balaban J connectivity index is 1.50. The van der Waals surface area contributed by atoms with Gasteiger partial charge in [0.25, 0.3) is 0 Å². The maximum Gasteiger partial charge on any atom is 0.163 e. The van der Waals surface area contributed by atoms with Crippen LogP contribution in [0.2, 0.25) is 5.02 Å². The third kappa shape index (κ3) is 5.82. The summed E-state index contributed by atoms with van der Waals surface area (Å²) in [5, 5.41) is 4.11. The summed E-state index contributed by atoms with van der Waals surface area (Å²) in [6, 6.07) is 17.0. The molecule has 0 amide bonds. The van der Waals surface area contributed by atoms with Crippen LogP contribution in [0.25, 0.3) is 11.1 Å². The van der Waals surface area contributed by atoms with Crippen LogP contribution in [0.1, 0.15) is 57.3 Å². The van der Waals surface area contributed by atoms with E-state index in [9.17, 15) is 4.79 Å². The van der Waals surface area contributed by atoms with Crippen LogP contribution in [0.5, 0.6) is 11.5 Å². The Hall–Kier alpha value is -2.69. The Labute approximate surface area is 201 Å². The van der Waals surface area contributed by atoms with Gasteiger partial charge in [0.1, 0.15) is 11.5 Å². The molecule has 5 heteroatoms. The number of hydrogen-bond donors (Lipinski definition) is 1. The standard InChI is InChI=1S/C28H31ClN2O2/c1-27(2)17-19(18-28(3,4)31-27)15-24(32)21-9-10-26(23(29)16-21)33-25-8-6-5-7-22(25)20-11-13-30-14-12-20/h5-14,16,19,31H,15,17-18H2,1-4H3. The van der Waals surface area contributed by atoms with E-state index in [0.29, 0.717) is 34.4 Å². The van der Waals surface area contributed by atoms with Crippen LogP contribution in [0.15, 0.2) is 67.0 Å². The van der Waals surface area contributed by atoms with Crippen molar-refractivity contribution in [3.63, 3.8) is 0 Å². The van der Waals surface area contributed by atoms with E-state index < -0.39 is 0 Å². The molecule has 4 nitrogen and oxygen atoms in total. The van der Waals surface area contributed by atoms with Crippen LogP contribution >= 0.6 is 11.6 Å². The second-order valence-corrected chi connectivity index (χ2v) is 10.7. The molecule has 1 aromatic heterocycles. The molecule has 0 spiro atoms. The van der Waals surface area contributed by atoms with Crippen molar-refractivity contribution in [3.05, 3.63) is 77.6 Å². The van der Waals surface area contributed by atoms with Gasteiger partial charge in [-0.25, -0.2) is 0 Å². The van der Waals surface area contributed by atoms with Crippen LogP contribution in [0.3, 0.4) is 0 Å². The van der Waals surface area contributed by atoms with Gasteiger partial charge in [-0.2, -0.15) is 0 Å². The molecular formula is C28H31ClN2O2. The summed E-state index contributed by atoms with van der Waals surface area (Å²) in [6.45, 7) is 8.83. The zero-order chi connectivity index (χ0) is 23.6. The number of nitrogens with zero attached hydrogens (tertiary/aromatic N) is 1. The number of Topliss-reactive ketones (excluding diaryl/α,β-unsaturated/α-hetero) is 1. The summed E-state index contributed by atoms with van der Waals surface area (Å²) in [4.78, 5) is 17.2. The number of carbonyl (C=O) groups is 1. The number of para-hydroxylation sites is 1. The Bertz CT molecular complexity index is 1130. The lowest BCUT2D eigenvalue weighted by atomic mass is 9.74. The molecule has 33 heavy (non-hydrogen) atoms. The van der Waals surface area contributed by atoms with Crippen molar-refractivity contribution >= 4 is 17.4 Å². The first-order chi connectivity index (χ1) is 15.6. The van der Waals surface area contributed by atoms with Crippen molar-refractivity contribution in [2.45, 2.75) is 58.0 Å². The number of ketones is 1. The summed E-state index contributed by atoms with van der Waals surface area (Å²) in [5.74, 6) is 1.69. The zero-order valence-electron chi connectivity index (χ0n) is 19.7. The van der Waals surface area contributed by atoms with Gasteiger partial charge in [0, 0.05) is 41.0 Å². The largest absolute Gasteiger partial charge is 0.455 e. The third-order valence-corrected chi connectivity index (χ3v) is 6.40. The molecule has 1 N–H and O–H groups in total. The highest BCUT2D eigenvalue weighted by molar-refractivity contribution is 6.32. The zero-order valence-corrected chi connectivity index (χ0v) is 20.4. The van der Waals surface area contributed by atoms with Gasteiger partial charge in [-0.05, 0) is 88.4 Å². The molecule has 0 atom stereocenters. The first-order valence-electron chi connectivity index (χ1n) is 11.4. The fourth-order valence-electron chi connectivity index (χ4n) is 5.26.